The fraction of sp³-hybridized carbons (Fsp3) is 0.375. The lowest BCUT2D eigenvalue weighted by Gasteiger charge is -2.33. The van der Waals surface area contributed by atoms with Crippen molar-refractivity contribution in [1.29, 1.82) is 0 Å². The molecule has 0 saturated carbocycles. The lowest BCUT2D eigenvalue weighted by molar-refractivity contribution is -0.128. The predicted octanol–water partition coefficient (Wildman–Crippen LogP) is 2.44. The number of nitrogens with one attached hydrogen (secondary N) is 2. The number of hydrazone groups is 1. The maximum absolute atomic E-state index is 12.8. The van der Waals surface area contributed by atoms with E-state index in [1.165, 1.54) is 0 Å². The van der Waals surface area contributed by atoms with Crippen molar-refractivity contribution in [2.75, 3.05) is 32.8 Å². The number of rotatable bonds is 10. The molecule has 1 aliphatic rings. The second-order valence-electron chi connectivity index (χ2n) is 7.43. The summed E-state index contributed by atoms with van der Waals surface area (Å²) in [5.74, 6) is -0.180. The van der Waals surface area contributed by atoms with Crippen LogP contribution in [0.5, 0.6) is 0 Å². The second-order valence-corrected chi connectivity index (χ2v) is 7.43. The van der Waals surface area contributed by atoms with Gasteiger partial charge in [0.15, 0.2) is 0 Å². The number of hydrogen-bond acceptors (Lipinski definition) is 5. The lowest BCUT2D eigenvalue weighted by atomic mass is 10.1. The van der Waals surface area contributed by atoms with Crippen molar-refractivity contribution in [2.45, 2.75) is 25.3 Å². The first-order valence-corrected chi connectivity index (χ1v) is 10.8. The van der Waals surface area contributed by atoms with E-state index < -0.39 is 0 Å². The minimum Gasteiger partial charge on any atom is -0.379 e. The molecule has 1 aliphatic heterocycles. The highest BCUT2D eigenvalue weighted by Gasteiger charge is 2.26. The van der Waals surface area contributed by atoms with Crippen LogP contribution in [-0.4, -0.2) is 61.8 Å². The van der Waals surface area contributed by atoms with E-state index >= 15 is 0 Å². The maximum Gasteiger partial charge on any atom is 0.257 e. The summed E-state index contributed by atoms with van der Waals surface area (Å²) in [5.41, 5.74) is 4.27. The highest BCUT2D eigenvalue weighted by molar-refractivity contribution is 5.94. The van der Waals surface area contributed by atoms with Crippen molar-refractivity contribution in [3.05, 3.63) is 71.8 Å². The Bertz CT molecular complexity index is 836. The fourth-order valence-corrected chi connectivity index (χ4v) is 3.51. The zero-order chi connectivity index (χ0) is 21.7. The van der Waals surface area contributed by atoms with Gasteiger partial charge in [0.05, 0.1) is 25.5 Å². The summed E-state index contributed by atoms with van der Waals surface area (Å²) in [5, 5.41) is 7.06. The summed E-state index contributed by atoms with van der Waals surface area (Å²) in [7, 11) is 0. The minimum absolute atomic E-state index is 0.0710. The number of nitrogens with zero attached hydrogens (tertiary/aromatic N) is 2. The Hall–Kier alpha value is -3.03. The van der Waals surface area contributed by atoms with Crippen LogP contribution in [0.15, 0.2) is 65.8 Å². The van der Waals surface area contributed by atoms with Gasteiger partial charge in [-0.2, -0.15) is 5.10 Å². The molecule has 0 spiro atoms. The Morgan fingerprint density at radius 3 is 2.39 bits per heavy atom. The van der Waals surface area contributed by atoms with E-state index in [-0.39, 0.29) is 17.9 Å². The number of morpholine rings is 1. The molecule has 7 nitrogen and oxygen atoms in total. The number of ether oxygens (including phenoxy) is 1. The Morgan fingerprint density at radius 2 is 1.68 bits per heavy atom. The van der Waals surface area contributed by atoms with Gasteiger partial charge in [-0.15, -0.1) is 0 Å². The Kier molecular flexibility index (Phi) is 9.22. The third-order valence-electron chi connectivity index (χ3n) is 5.20. The topological polar surface area (TPSA) is 83.0 Å². The number of unbranched alkanes of at least 4 members (excludes halogenated alkanes) is 1. The van der Waals surface area contributed by atoms with E-state index in [0.29, 0.717) is 31.7 Å². The summed E-state index contributed by atoms with van der Waals surface area (Å²) in [6.45, 7) is 3.29. The molecule has 164 valence electrons. The highest BCUT2D eigenvalue weighted by Crippen LogP contribution is 2.12. The van der Waals surface area contributed by atoms with Gasteiger partial charge in [-0.25, -0.2) is 5.43 Å². The SMILES string of the molecule is O=C(NCCCCC(C(=O)NN=Cc1ccccc1)N1CCOCC1)c1ccccc1. The van der Waals surface area contributed by atoms with E-state index in [1.54, 1.807) is 18.3 Å². The zero-order valence-corrected chi connectivity index (χ0v) is 17.7. The van der Waals surface area contributed by atoms with Gasteiger partial charge in [0.25, 0.3) is 11.8 Å². The van der Waals surface area contributed by atoms with Crippen LogP contribution in [0.2, 0.25) is 0 Å². The van der Waals surface area contributed by atoms with Crippen LogP contribution in [0.1, 0.15) is 35.2 Å². The molecule has 2 aromatic rings. The van der Waals surface area contributed by atoms with E-state index in [4.69, 9.17) is 4.74 Å². The number of benzene rings is 2. The first kappa shape index (κ1) is 22.7. The molecule has 2 amide bonds. The molecule has 0 aliphatic carbocycles. The van der Waals surface area contributed by atoms with Crippen LogP contribution in [0, 0.1) is 0 Å². The molecule has 31 heavy (non-hydrogen) atoms. The normalized spacial score (nSPS) is 15.5. The minimum atomic E-state index is -0.262. The van der Waals surface area contributed by atoms with Crippen molar-refractivity contribution in [2.24, 2.45) is 5.10 Å². The van der Waals surface area contributed by atoms with Gasteiger partial charge in [-0.05, 0) is 37.0 Å². The van der Waals surface area contributed by atoms with Crippen molar-refractivity contribution < 1.29 is 14.3 Å². The van der Waals surface area contributed by atoms with Crippen molar-refractivity contribution in [3.63, 3.8) is 0 Å². The number of amides is 2. The maximum atomic E-state index is 12.8. The average molecular weight is 423 g/mol. The summed E-state index contributed by atoms with van der Waals surface area (Å²) < 4.78 is 5.43. The monoisotopic (exact) mass is 422 g/mol. The molecule has 1 atom stereocenters. The molecule has 2 aromatic carbocycles. The molecule has 0 radical (unpaired) electrons. The van der Waals surface area contributed by atoms with Gasteiger partial charge in [0.2, 0.25) is 0 Å². The standard InChI is InChI=1S/C24H30N4O3/c29-23(21-11-5-2-6-12-21)25-14-8-7-13-22(28-15-17-31-18-16-28)24(30)27-26-19-20-9-3-1-4-10-20/h1-6,9-12,19,22H,7-8,13-18H2,(H,25,29)(H,27,30). The first-order valence-electron chi connectivity index (χ1n) is 10.8. The molecule has 0 aromatic heterocycles. The number of hydrogen-bond donors (Lipinski definition) is 2. The average Bonchev–Trinajstić information content (AvgIpc) is 2.83. The highest BCUT2D eigenvalue weighted by atomic mass is 16.5. The van der Waals surface area contributed by atoms with Gasteiger partial charge in [0, 0.05) is 25.2 Å². The molecule has 1 unspecified atom stereocenters. The van der Waals surface area contributed by atoms with E-state index in [1.807, 2.05) is 48.5 Å². The molecule has 0 bridgehead atoms. The molecule has 1 heterocycles. The molecular formula is C24H30N4O3. The van der Waals surface area contributed by atoms with Crippen LogP contribution in [-0.2, 0) is 9.53 Å². The largest absolute Gasteiger partial charge is 0.379 e. The molecule has 3 rings (SSSR count). The quantitative estimate of drug-likeness (QED) is 0.350. The number of carbonyl (C=O) groups is 2. The van der Waals surface area contributed by atoms with Crippen molar-refractivity contribution in [1.82, 2.24) is 15.6 Å². The smallest absolute Gasteiger partial charge is 0.257 e. The third-order valence-corrected chi connectivity index (χ3v) is 5.20. The van der Waals surface area contributed by atoms with Crippen LogP contribution in [0.3, 0.4) is 0 Å². The molecule has 1 fully saturated rings. The molecule has 2 N–H and O–H groups in total. The van der Waals surface area contributed by atoms with E-state index in [2.05, 4.69) is 20.7 Å². The van der Waals surface area contributed by atoms with Gasteiger partial charge < -0.3 is 10.1 Å². The summed E-state index contributed by atoms with van der Waals surface area (Å²) >= 11 is 0. The number of carbonyl (C=O) groups excluding carboxylic acids is 2. The van der Waals surface area contributed by atoms with Crippen LogP contribution in [0.4, 0.5) is 0 Å². The molecule has 1 saturated heterocycles. The first-order chi connectivity index (χ1) is 15.2. The van der Waals surface area contributed by atoms with Crippen molar-refractivity contribution >= 4 is 18.0 Å². The second kappa shape index (κ2) is 12.6. The van der Waals surface area contributed by atoms with Gasteiger partial charge in [0.1, 0.15) is 0 Å². The predicted molar refractivity (Wildman–Crippen MR) is 121 cm³/mol. The summed E-state index contributed by atoms with van der Waals surface area (Å²) in [4.78, 5) is 27.1. The molecule has 7 heteroatoms. The van der Waals surface area contributed by atoms with E-state index in [0.717, 1.165) is 31.5 Å². The van der Waals surface area contributed by atoms with Crippen LogP contribution in [0.25, 0.3) is 0 Å². The van der Waals surface area contributed by atoms with Gasteiger partial charge in [-0.1, -0.05) is 48.5 Å². The van der Waals surface area contributed by atoms with Crippen molar-refractivity contribution in [3.8, 4) is 0 Å². The van der Waals surface area contributed by atoms with Gasteiger partial charge >= 0.3 is 0 Å². The summed E-state index contributed by atoms with van der Waals surface area (Å²) in [6.07, 6.45) is 3.98. The molecular weight excluding hydrogens is 392 g/mol. The zero-order valence-electron chi connectivity index (χ0n) is 17.7. The summed E-state index contributed by atoms with van der Waals surface area (Å²) in [6, 6.07) is 18.6. The lowest BCUT2D eigenvalue weighted by Crippen LogP contribution is -2.50. The van der Waals surface area contributed by atoms with Crippen LogP contribution >= 0.6 is 0 Å². The Labute approximate surface area is 183 Å². The fourth-order valence-electron chi connectivity index (χ4n) is 3.51. The van der Waals surface area contributed by atoms with Crippen LogP contribution < -0.4 is 10.7 Å². The Balaban J connectivity index is 1.46. The Morgan fingerprint density at radius 1 is 1.00 bits per heavy atom. The van der Waals surface area contributed by atoms with E-state index in [9.17, 15) is 9.59 Å². The third kappa shape index (κ3) is 7.62. The van der Waals surface area contributed by atoms with Gasteiger partial charge in [-0.3, -0.25) is 14.5 Å².